The Bertz CT molecular complexity index is 686. The molecule has 0 atom stereocenters. The highest BCUT2D eigenvalue weighted by Gasteiger charge is 2.06. The van der Waals surface area contributed by atoms with Crippen molar-refractivity contribution in [3.8, 4) is 0 Å². The largest absolute Gasteiger partial charge is 0.329 e. The van der Waals surface area contributed by atoms with E-state index in [1.54, 1.807) is 12.4 Å². The van der Waals surface area contributed by atoms with E-state index < -0.39 is 5.69 Å². The first-order chi connectivity index (χ1) is 9.61. The van der Waals surface area contributed by atoms with Gasteiger partial charge in [0.15, 0.2) is 0 Å². The van der Waals surface area contributed by atoms with E-state index in [0.29, 0.717) is 18.1 Å². The maximum absolute atomic E-state index is 11.6. The average molecular weight is 273 g/mol. The van der Waals surface area contributed by atoms with Crippen molar-refractivity contribution in [3.63, 3.8) is 0 Å². The highest BCUT2D eigenvalue weighted by Crippen LogP contribution is 2.05. The number of rotatable bonds is 4. The molecule has 2 aromatic heterocycles. The van der Waals surface area contributed by atoms with E-state index >= 15 is 0 Å². The van der Waals surface area contributed by atoms with Crippen molar-refractivity contribution in [2.45, 2.75) is 6.92 Å². The van der Waals surface area contributed by atoms with Gasteiger partial charge in [0, 0.05) is 25.9 Å². The summed E-state index contributed by atoms with van der Waals surface area (Å²) in [5.74, 6) is 0.354. The Hall–Kier alpha value is -2.70. The molecule has 0 fully saturated rings. The topological polar surface area (TPSA) is 83.3 Å². The molecule has 2 heterocycles. The summed E-state index contributed by atoms with van der Waals surface area (Å²) >= 11 is 0. The van der Waals surface area contributed by atoms with Gasteiger partial charge in [-0.2, -0.15) is 5.10 Å². The Labute approximate surface area is 115 Å². The molecule has 7 nitrogen and oxygen atoms in total. The van der Waals surface area contributed by atoms with Crippen LogP contribution < -0.4 is 16.3 Å². The zero-order valence-electron chi connectivity index (χ0n) is 11.3. The van der Waals surface area contributed by atoms with Gasteiger partial charge in [0.25, 0.3) is 5.56 Å². The SMILES string of the molecule is CCN(N=Cc1ccccn1)c1cc(=O)n(C)c(=O)[nH]1. The Morgan fingerprint density at radius 3 is 2.85 bits per heavy atom. The first kappa shape index (κ1) is 13.7. The fraction of sp³-hybridized carbons (Fsp3) is 0.231. The number of nitrogens with one attached hydrogen (secondary N) is 1. The van der Waals surface area contributed by atoms with E-state index in [1.807, 2.05) is 25.1 Å². The van der Waals surface area contributed by atoms with Crippen molar-refractivity contribution >= 4 is 12.0 Å². The molecular weight excluding hydrogens is 258 g/mol. The maximum Gasteiger partial charge on any atom is 0.329 e. The minimum Gasteiger partial charge on any atom is -0.292 e. The minimum absolute atomic E-state index is 0.354. The first-order valence-electron chi connectivity index (χ1n) is 6.14. The van der Waals surface area contributed by atoms with Crippen LogP contribution in [0.3, 0.4) is 0 Å². The van der Waals surface area contributed by atoms with E-state index in [1.165, 1.54) is 18.1 Å². The van der Waals surface area contributed by atoms with Gasteiger partial charge in [0.05, 0.1) is 11.9 Å². The van der Waals surface area contributed by atoms with E-state index in [0.717, 1.165) is 4.57 Å². The highest BCUT2D eigenvalue weighted by molar-refractivity contribution is 5.77. The number of H-pyrrole nitrogens is 1. The number of hydrogen-bond donors (Lipinski definition) is 1. The van der Waals surface area contributed by atoms with Crippen LogP contribution in [0.5, 0.6) is 0 Å². The Morgan fingerprint density at radius 2 is 2.25 bits per heavy atom. The molecule has 2 rings (SSSR count). The van der Waals surface area contributed by atoms with E-state index in [-0.39, 0.29) is 5.56 Å². The lowest BCUT2D eigenvalue weighted by molar-refractivity contribution is 0.756. The smallest absolute Gasteiger partial charge is 0.292 e. The van der Waals surface area contributed by atoms with Gasteiger partial charge in [0.1, 0.15) is 5.82 Å². The van der Waals surface area contributed by atoms with Crippen molar-refractivity contribution in [2.75, 3.05) is 11.6 Å². The monoisotopic (exact) mass is 273 g/mol. The molecule has 0 aromatic carbocycles. The van der Waals surface area contributed by atoms with Crippen LogP contribution in [-0.2, 0) is 7.05 Å². The Balaban J connectivity index is 2.32. The summed E-state index contributed by atoms with van der Waals surface area (Å²) in [7, 11) is 1.42. The number of aromatic nitrogens is 3. The van der Waals surface area contributed by atoms with E-state index in [2.05, 4.69) is 15.1 Å². The molecule has 0 unspecified atom stereocenters. The second-order valence-electron chi connectivity index (χ2n) is 4.07. The second kappa shape index (κ2) is 5.96. The molecule has 0 saturated carbocycles. The van der Waals surface area contributed by atoms with Gasteiger partial charge in [-0.15, -0.1) is 0 Å². The molecule has 0 saturated heterocycles. The summed E-state index contributed by atoms with van der Waals surface area (Å²) in [6, 6.07) is 6.81. The normalized spacial score (nSPS) is 10.9. The van der Waals surface area contributed by atoms with Crippen LogP contribution in [0.25, 0.3) is 0 Å². The van der Waals surface area contributed by atoms with Crippen molar-refractivity contribution in [2.24, 2.45) is 12.1 Å². The number of pyridine rings is 1. The number of hydrogen-bond acceptors (Lipinski definition) is 5. The molecule has 0 aliphatic carbocycles. The third-order valence-corrected chi connectivity index (χ3v) is 2.73. The first-order valence-corrected chi connectivity index (χ1v) is 6.14. The molecule has 0 amide bonds. The molecule has 104 valence electrons. The molecule has 1 N–H and O–H groups in total. The number of nitrogens with zero attached hydrogens (tertiary/aromatic N) is 4. The number of aromatic amines is 1. The number of anilines is 1. The van der Waals surface area contributed by atoms with E-state index in [9.17, 15) is 9.59 Å². The molecular formula is C13H15N5O2. The summed E-state index contributed by atoms with van der Waals surface area (Å²) in [5.41, 5.74) is -0.161. The van der Waals surface area contributed by atoms with Crippen molar-refractivity contribution in [3.05, 3.63) is 57.0 Å². The molecule has 0 bridgehead atoms. The van der Waals surface area contributed by atoms with Crippen LogP contribution >= 0.6 is 0 Å². The van der Waals surface area contributed by atoms with Crippen LogP contribution in [-0.4, -0.2) is 27.3 Å². The second-order valence-corrected chi connectivity index (χ2v) is 4.07. The van der Waals surface area contributed by atoms with Gasteiger partial charge < -0.3 is 0 Å². The molecule has 0 spiro atoms. The minimum atomic E-state index is -0.473. The summed E-state index contributed by atoms with van der Waals surface area (Å²) in [6.07, 6.45) is 3.23. The highest BCUT2D eigenvalue weighted by atomic mass is 16.2. The molecule has 0 aliphatic heterocycles. The summed E-state index contributed by atoms with van der Waals surface area (Å²) < 4.78 is 1.000. The zero-order chi connectivity index (χ0) is 14.5. The summed E-state index contributed by atoms with van der Waals surface area (Å²) in [4.78, 5) is 29.9. The van der Waals surface area contributed by atoms with Gasteiger partial charge in [-0.05, 0) is 19.1 Å². The quantitative estimate of drug-likeness (QED) is 0.642. The van der Waals surface area contributed by atoms with Crippen LogP contribution in [0, 0.1) is 0 Å². The van der Waals surface area contributed by atoms with Crippen LogP contribution in [0.15, 0.2) is 45.2 Å². The molecule has 7 heteroatoms. The zero-order valence-corrected chi connectivity index (χ0v) is 11.3. The maximum atomic E-state index is 11.6. The molecule has 20 heavy (non-hydrogen) atoms. The van der Waals surface area contributed by atoms with Gasteiger partial charge in [-0.25, -0.2) is 9.80 Å². The van der Waals surface area contributed by atoms with Crippen molar-refractivity contribution in [1.29, 1.82) is 0 Å². The third-order valence-electron chi connectivity index (χ3n) is 2.73. The fourth-order valence-electron chi connectivity index (χ4n) is 1.58. The lowest BCUT2D eigenvalue weighted by Crippen LogP contribution is -2.34. The molecule has 0 aliphatic rings. The standard InChI is InChI=1S/C13H15N5O2/c1-3-18(15-9-10-6-4-5-7-14-10)11-8-12(19)17(2)13(20)16-11/h4-9H,3H2,1-2H3,(H,16,20). The van der Waals surface area contributed by atoms with Crippen LogP contribution in [0.4, 0.5) is 5.82 Å². The summed E-state index contributed by atoms with van der Waals surface area (Å²) in [6.45, 7) is 2.37. The van der Waals surface area contributed by atoms with Gasteiger partial charge in [-0.3, -0.25) is 19.3 Å². The third kappa shape index (κ3) is 3.00. The van der Waals surface area contributed by atoms with Crippen molar-refractivity contribution in [1.82, 2.24) is 14.5 Å². The summed E-state index contributed by atoms with van der Waals surface area (Å²) in [5, 5.41) is 5.75. The van der Waals surface area contributed by atoms with Crippen molar-refractivity contribution < 1.29 is 0 Å². The lowest BCUT2D eigenvalue weighted by Gasteiger charge is -2.15. The van der Waals surface area contributed by atoms with Crippen LogP contribution in [0.1, 0.15) is 12.6 Å². The van der Waals surface area contributed by atoms with Gasteiger partial charge in [-0.1, -0.05) is 6.07 Å². The lowest BCUT2D eigenvalue weighted by atomic mass is 10.4. The molecule has 2 aromatic rings. The van der Waals surface area contributed by atoms with Crippen LogP contribution in [0.2, 0.25) is 0 Å². The van der Waals surface area contributed by atoms with E-state index in [4.69, 9.17) is 0 Å². The Morgan fingerprint density at radius 1 is 1.45 bits per heavy atom. The molecule has 0 radical (unpaired) electrons. The fourth-order valence-corrected chi connectivity index (χ4v) is 1.58. The number of hydrazone groups is 1. The predicted molar refractivity (Wildman–Crippen MR) is 77.2 cm³/mol. The van der Waals surface area contributed by atoms with Gasteiger partial charge in [0.2, 0.25) is 0 Å². The Kier molecular flexibility index (Phi) is 4.09. The predicted octanol–water partition coefficient (Wildman–Crippen LogP) is 0.329. The average Bonchev–Trinajstić information content (AvgIpc) is 2.46. The van der Waals surface area contributed by atoms with Gasteiger partial charge >= 0.3 is 5.69 Å².